The molecule has 0 fully saturated rings. The number of carbonyl (C=O) groups excluding carboxylic acids is 1. The lowest BCUT2D eigenvalue weighted by Crippen LogP contribution is -2.45. The van der Waals surface area contributed by atoms with Gasteiger partial charge in [0.05, 0.1) is 18.8 Å². The number of carbonyl (C=O) groups is 1. The van der Waals surface area contributed by atoms with Gasteiger partial charge in [0.2, 0.25) is 5.91 Å². The molecule has 0 rings (SSSR count). The molecule has 0 saturated carbocycles. The third-order valence-corrected chi connectivity index (χ3v) is 13.0. The van der Waals surface area contributed by atoms with Crippen LogP contribution < -0.4 is 5.32 Å². The molecule has 3 N–H and O–H groups in total. The maximum atomic E-state index is 12.5. The minimum Gasteiger partial charge on any atom is -0.394 e. The summed E-state index contributed by atoms with van der Waals surface area (Å²) >= 11 is 0. The van der Waals surface area contributed by atoms with E-state index in [2.05, 4.69) is 19.2 Å². The number of rotatable bonds is 51. The van der Waals surface area contributed by atoms with Crippen LogP contribution in [0.2, 0.25) is 0 Å². The van der Waals surface area contributed by atoms with E-state index in [1.54, 1.807) is 6.08 Å². The Hall–Kier alpha value is -0.870. The van der Waals surface area contributed by atoms with Gasteiger partial charge >= 0.3 is 0 Å². The molecule has 4 heteroatoms. The van der Waals surface area contributed by atoms with E-state index in [9.17, 15) is 15.0 Å². The van der Waals surface area contributed by atoms with E-state index in [1.165, 1.54) is 270 Å². The van der Waals surface area contributed by atoms with Crippen LogP contribution in [0.4, 0.5) is 0 Å². The highest BCUT2D eigenvalue weighted by atomic mass is 16.3. The van der Waals surface area contributed by atoms with Gasteiger partial charge in [0.25, 0.3) is 0 Å². The van der Waals surface area contributed by atoms with Crippen molar-refractivity contribution in [2.45, 2.75) is 328 Å². The Morgan fingerprint density at radius 1 is 0.390 bits per heavy atom. The number of hydrogen-bond donors (Lipinski definition) is 3. The summed E-state index contributed by atoms with van der Waals surface area (Å²) in [6.07, 6.45) is 66.5. The number of nitrogens with one attached hydrogen (secondary N) is 1. The fourth-order valence-electron chi connectivity index (χ4n) is 8.83. The van der Waals surface area contributed by atoms with Crippen molar-refractivity contribution >= 4 is 5.91 Å². The normalized spacial score (nSPS) is 12.8. The largest absolute Gasteiger partial charge is 0.394 e. The van der Waals surface area contributed by atoms with Gasteiger partial charge in [-0.05, 0) is 19.3 Å². The zero-order chi connectivity index (χ0) is 42.8. The van der Waals surface area contributed by atoms with E-state index in [0.717, 1.165) is 25.7 Å². The van der Waals surface area contributed by atoms with Crippen LogP contribution in [0.15, 0.2) is 12.2 Å². The molecule has 4 nitrogen and oxygen atoms in total. The summed E-state index contributed by atoms with van der Waals surface area (Å²) < 4.78 is 0. The molecule has 0 aromatic rings. The molecular weight excluding hydrogens is 723 g/mol. The molecule has 0 saturated heterocycles. The zero-order valence-electron chi connectivity index (χ0n) is 40.6. The van der Waals surface area contributed by atoms with E-state index >= 15 is 0 Å². The van der Waals surface area contributed by atoms with E-state index in [0.29, 0.717) is 6.42 Å². The van der Waals surface area contributed by atoms with Gasteiger partial charge in [0, 0.05) is 6.42 Å². The first-order valence-electron chi connectivity index (χ1n) is 27.4. The summed E-state index contributed by atoms with van der Waals surface area (Å²) in [4.78, 5) is 12.5. The Kier molecular flexibility index (Phi) is 50.7. The molecule has 0 aliphatic rings. The second-order valence-corrected chi connectivity index (χ2v) is 19.0. The van der Waals surface area contributed by atoms with E-state index in [-0.39, 0.29) is 12.5 Å². The van der Waals surface area contributed by atoms with Crippen molar-refractivity contribution in [2.75, 3.05) is 6.61 Å². The highest BCUT2D eigenvalue weighted by Gasteiger charge is 2.18. The van der Waals surface area contributed by atoms with Crippen LogP contribution in [0.1, 0.15) is 316 Å². The number of unbranched alkanes of at least 4 members (excludes halogenated alkanes) is 44. The molecule has 2 unspecified atom stereocenters. The zero-order valence-corrected chi connectivity index (χ0v) is 40.6. The van der Waals surface area contributed by atoms with Crippen molar-refractivity contribution in [1.82, 2.24) is 5.32 Å². The van der Waals surface area contributed by atoms with Crippen LogP contribution in [0.3, 0.4) is 0 Å². The van der Waals surface area contributed by atoms with Crippen molar-refractivity contribution in [3.8, 4) is 0 Å². The molecule has 2 atom stereocenters. The maximum Gasteiger partial charge on any atom is 0.220 e. The number of allylic oxidation sites excluding steroid dienone is 1. The highest BCUT2D eigenvalue weighted by molar-refractivity contribution is 5.76. The average Bonchev–Trinajstić information content (AvgIpc) is 3.24. The standard InChI is InChI=1S/C55H109NO3/c1-3-5-7-9-11-13-15-17-19-21-23-25-26-27-28-29-31-32-34-36-38-40-42-44-46-48-50-54(58)53(52-57)56-55(59)51-49-47-45-43-41-39-37-35-33-30-24-22-20-18-16-14-12-10-8-6-4-2/h48,50,53-54,57-58H,3-47,49,51-52H2,1-2H3,(H,56,59)/b50-48+. The molecule has 0 aromatic carbocycles. The molecule has 0 radical (unpaired) electrons. The van der Waals surface area contributed by atoms with E-state index in [1.807, 2.05) is 6.08 Å². The third-order valence-electron chi connectivity index (χ3n) is 13.0. The lowest BCUT2D eigenvalue weighted by Gasteiger charge is -2.20. The van der Waals surface area contributed by atoms with Crippen LogP contribution in [-0.2, 0) is 4.79 Å². The molecule has 1 amide bonds. The van der Waals surface area contributed by atoms with Gasteiger partial charge < -0.3 is 15.5 Å². The first-order valence-corrected chi connectivity index (χ1v) is 27.4. The summed E-state index contributed by atoms with van der Waals surface area (Å²) in [7, 11) is 0. The Balaban J connectivity index is 3.46. The Bertz CT molecular complexity index is 814. The Morgan fingerprint density at radius 2 is 0.627 bits per heavy atom. The first kappa shape index (κ1) is 58.1. The van der Waals surface area contributed by atoms with Crippen molar-refractivity contribution in [3.63, 3.8) is 0 Å². The van der Waals surface area contributed by atoms with E-state index in [4.69, 9.17) is 0 Å². The smallest absolute Gasteiger partial charge is 0.220 e. The van der Waals surface area contributed by atoms with Crippen molar-refractivity contribution in [3.05, 3.63) is 12.2 Å². The molecule has 0 heterocycles. The number of aliphatic hydroxyl groups excluding tert-OH is 2. The Morgan fingerprint density at radius 3 is 0.881 bits per heavy atom. The molecule has 0 aliphatic carbocycles. The molecule has 352 valence electrons. The van der Waals surface area contributed by atoms with Gasteiger partial charge in [-0.3, -0.25) is 4.79 Å². The summed E-state index contributed by atoms with van der Waals surface area (Å²) in [5.74, 6) is -0.0562. The van der Waals surface area contributed by atoms with Gasteiger partial charge in [-0.15, -0.1) is 0 Å². The lowest BCUT2D eigenvalue weighted by molar-refractivity contribution is -0.123. The summed E-state index contributed by atoms with van der Waals surface area (Å²) in [6.45, 7) is 4.35. The fourth-order valence-corrected chi connectivity index (χ4v) is 8.83. The van der Waals surface area contributed by atoms with Crippen molar-refractivity contribution < 1.29 is 15.0 Å². The number of amides is 1. The number of hydrogen-bond acceptors (Lipinski definition) is 3. The van der Waals surface area contributed by atoms with Gasteiger partial charge in [0.1, 0.15) is 0 Å². The number of aliphatic hydroxyl groups is 2. The minimum absolute atomic E-state index is 0.0562. The Labute approximate surface area is 371 Å². The van der Waals surface area contributed by atoms with Crippen LogP contribution in [0.25, 0.3) is 0 Å². The molecule has 0 aromatic heterocycles. The predicted molar refractivity (Wildman–Crippen MR) is 263 cm³/mol. The summed E-state index contributed by atoms with van der Waals surface area (Å²) in [5, 5.41) is 23.2. The van der Waals surface area contributed by atoms with Crippen LogP contribution in [0.5, 0.6) is 0 Å². The van der Waals surface area contributed by atoms with E-state index < -0.39 is 12.1 Å². The average molecular weight is 832 g/mol. The van der Waals surface area contributed by atoms with Crippen molar-refractivity contribution in [2.24, 2.45) is 0 Å². The predicted octanol–water partition coefficient (Wildman–Crippen LogP) is 17.8. The molecular formula is C55H109NO3. The quantitative estimate of drug-likeness (QED) is 0.0422. The minimum atomic E-state index is -0.835. The molecule has 0 aliphatic heterocycles. The van der Waals surface area contributed by atoms with Gasteiger partial charge in [-0.25, -0.2) is 0 Å². The van der Waals surface area contributed by atoms with Gasteiger partial charge in [-0.1, -0.05) is 302 Å². The fraction of sp³-hybridized carbons (Fsp3) is 0.945. The highest BCUT2D eigenvalue weighted by Crippen LogP contribution is 2.18. The van der Waals surface area contributed by atoms with Gasteiger partial charge in [0.15, 0.2) is 0 Å². The maximum absolute atomic E-state index is 12.5. The summed E-state index contributed by atoms with van der Waals surface area (Å²) in [5.41, 5.74) is 0. The topological polar surface area (TPSA) is 69.6 Å². The molecule has 0 spiro atoms. The van der Waals surface area contributed by atoms with Crippen LogP contribution >= 0.6 is 0 Å². The summed E-state index contributed by atoms with van der Waals surface area (Å²) in [6, 6.07) is -0.618. The molecule has 59 heavy (non-hydrogen) atoms. The first-order chi connectivity index (χ1) is 29.2. The van der Waals surface area contributed by atoms with Crippen LogP contribution in [0, 0.1) is 0 Å². The van der Waals surface area contributed by atoms with Gasteiger partial charge in [-0.2, -0.15) is 0 Å². The molecule has 0 bridgehead atoms. The second kappa shape index (κ2) is 51.5. The second-order valence-electron chi connectivity index (χ2n) is 19.0. The third kappa shape index (κ3) is 48.0. The lowest BCUT2D eigenvalue weighted by atomic mass is 10.0. The van der Waals surface area contributed by atoms with Crippen LogP contribution in [-0.4, -0.2) is 34.9 Å². The van der Waals surface area contributed by atoms with Crippen molar-refractivity contribution in [1.29, 1.82) is 0 Å². The monoisotopic (exact) mass is 832 g/mol. The SMILES string of the molecule is CCCCCCCCCCCCCCCCCCCCCCCCCC/C=C/C(O)C(CO)NC(=O)CCCCCCCCCCCCCCCCCCCCCCC.